The number of carbonyl (C=O) groups excluding carboxylic acids is 1. The van der Waals surface area contributed by atoms with E-state index in [9.17, 15) is 18.4 Å². The van der Waals surface area contributed by atoms with E-state index in [0.29, 0.717) is 13.0 Å². The molecule has 22 heavy (non-hydrogen) atoms. The van der Waals surface area contributed by atoms with Crippen LogP contribution in [0.5, 0.6) is 0 Å². The molecule has 0 spiro atoms. The Bertz CT molecular complexity index is 565. The summed E-state index contributed by atoms with van der Waals surface area (Å²) in [4.78, 5) is 23.3. The summed E-state index contributed by atoms with van der Waals surface area (Å²) in [5.74, 6) is -4.39. The number of hydrogen-bond acceptors (Lipinski definition) is 3. The number of benzene rings is 1. The van der Waals surface area contributed by atoms with Crippen molar-refractivity contribution in [3.05, 3.63) is 35.4 Å². The molecule has 1 aromatic rings. The van der Waals surface area contributed by atoms with E-state index in [1.54, 1.807) is 0 Å². The molecule has 1 saturated heterocycles. The van der Waals surface area contributed by atoms with Crippen LogP contribution in [0.3, 0.4) is 0 Å². The second kappa shape index (κ2) is 6.39. The highest BCUT2D eigenvalue weighted by atomic mass is 19.1. The molecule has 1 heterocycles. The fraction of sp³-hybridized carbons (Fsp3) is 0.467. The highest BCUT2D eigenvalue weighted by Crippen LogP contribution is 2.27. The second-order valence-corrected chi connectivity index (χ2v) is 5.50. The summed E-state index contributed by atoms with van der Waals surface area (Å²) in [6, 6.07) is 3.37. The number of ether oxygens (including phenoxy) is 1. The van der Waals surface area contributed by atoms with E-state index in [-0.39, 0.29) is 18.6 Å². The lowest BCUT2D eigenvalue weighted by Crippen LogP contribution is -2.51. The Morgan fingerprint density at radius 2 is 2.05 bits per heavy atom. The Morgan fingerprint density at radius 1 is 1.41 bits per heavy atom. The van der Waals surface area contributed by atoms with Gasteiger partial charge in [-0.1, -0.05) is 6.07 Å². The Hall–Kier alpha value is -2.02. The van der Waals surface area contributed by atoms with Crippen molar-refractivity contribution in [2.45, 2.75) is 31.2 Å². The van der Waals surface area contributed by atoms with Gasteiger partial charge in [-0.05, 0) is 25.5 Å². The second-order valence-electron chi connectivity index (χ2n) is 5.50. The van der Waals surface area contributed by atoms with Crippen LogP contribution in [0.4, 0.5) is 8.78 Å². The van der Waals surface area contributed by atoms with Crippen molar-refractivity contribution in [3.63, 3.8) is 0 Å². The zero-order chi connectivity index (χ0) is 16.3. The van der Waals surface area contributed by atoms with Crippen molar-refractivity contribution < 1.29 is 28.2 Å². The highest BCUT2D eigenvalue weighted by Gasteiger charge is 2.40. The first-order valence-electron chi connectivity index (χ1n) is 6.90. The minimum Gasteiger partial charge on any atom is -0.481 e. The standard InChI is InChI=1S/C15H17F2NO4/c1-9(13-10(16)3-2-4-11(13)17)14(21)18-15(7-12(19)20)5-6-22-8-15/h2-4,9H,5-8H2,1H3,(H,18,21)(H,19,20). The summed E-state index contributed by atoms with van der Waals surface area (Å²) >= 11 is 0. The molecule has 1 aliphatic heterocycles. The van der Waals surface area contributed by atoms with Gasteiger partial charge in [0, 0.05) is 12.2 Å². The third kappa shape index (κ3) is 3.41. The van der Waals surface area contributed by atoms with Crippen LogP contribution in [0, 0.1) is 11.6 Å². The van der Waals surface area contributed by atoms with Crippen LogP contribution in [0.1, 0.15) is 31.2 Å². The lowest BCUT2D eigenvalue weighted by atomic mass is 9.91. The van der Waals surface area contributed by atoms with Gasteiger partial charge in [0.1, 0.15) is 11.6 Å². The number of nitrogens with one attached hydrogen (secondary N) is 1. The van der Waals surface area contributed by atoms with E-state index < -0.39 is 35.0 Å². The van der Waals surface area contributed by atoms with Crippen molar-refractivity contribution in [1.82, 2.24) is 5.32 Å². The van der Waals surface area contributed by atoms with Gasteiger partial charge >= 0.3 is 5.97 Å². The number of carboxylic acid groups (broad SMARTS) is 1. The molecule has 1 aromatic carbocycles. The molecular formula is C15H17F2NO4. The molecular weight excluding hydrogens is 296 g/mol. The Morgan fingerprint density at radius 3 is 2.55 bits per heavy atom. The lowest BCUT2D eigenvalue weighted by molar-refractivity contribution is -0.139. The van der Waals surface area contributed by atoms with Crippen molar-refractivity contribution in [2.24, 2.45) is 0 Å². The van der Waals surface area contributed by atoms with Gasteiger partial charge in [0.05, 0.1) is 24.5 Å². The summed E-state index contributed by atoms with van der Waals surface area (Å²) in [7, 11) is 0. The molecule has 120 valence electrons. The molecule has 2 atom stereocenters. The van der Waals surface area contributed by atoms with Crippen LogP contribution in [-0.4, -0.2) is 35.7 Å². The van der Waals surface area contributed by atoms with E-state index in [2.05, 4.69) is 5.32 Å². The third-order valence-corrected chi connectivity index (χ3v) is 3.81. The third-order valence-electron chi connectivity index (χ3n) is 3.81. The van der Waals surface area contributed by atoms with Gasteiger partial charge < -0.3 is 15.2 Å². The number of aliphatic carboxylic acids is 1. The fourth-order valence-corrected chi connectivity index (χ4v) is 2.60. The quantitative estimate of drug-likeness (QED) is 0.869. The van der Waals surface area contributed by atoms with Crippen LogP contribution in [0.2, 0.25) is 0 Å². The number of hydrogen-bond donors (Lipinski definition) is 2. The molecule has 0 aliphatic carbocycles. The number of rotatable bonds is 5. The minimum absolute atomic E-state index is 0.0670. The van der Waals surface area contributed by atoms with Crippen LogP contribution < -0.4 is 5.32 Å². The summed E-state index contributed by atoms with van der Waals surface area (Å²) in [6.45, 7) is 1.77. The molecule has 0 aromatic heterocycles. The molecule has 2 N–H and O–H groups in total. The monoisotopic (exact) mass is 313 g/mol. The number of carboxylic acids is 1. The minimum atomic E-state index is -1.08. The van der Waals surface area contributed by atoms with Gasteiger partial charge in [-0.25, -0.2) is 8.78 Å². The van der Waals surface area contributed by atoms with E-state index in [1.165, 1.54) is 13.0 Å². The van der Waals surface area contributed by atoms with E-state index in [4.69, 9.17) is 9.84 Å². The molecule has 1 fully saturated rings. The number of halogens is 2. The van der Waals surface area contributed by atoms with Crippen molar-refractivity contribution in [3.8, 4) is 0 Å². The smallest absolute Gasteiger partial charge is 0.305 e. The van der Waals surface area contributed by atoms with E-state index >= 15 is 0 Å². The van der Waals surface area contributed by atoms with Crippen LogP contribution in [-0.2, 0) is 14.3 Å². The highest BCUT2D eigenvalue weighted by molar-refractivity contribution is 5.84. The van der Waals surface area contributed by atoms with Gasteiger partial charge in [0.15, 0.2) is 0 Å². The molecule has 1 amide bonds. The Labute approximate surface area is 126 Å². The molecule has 0 saturated carbocycles. The normalized spacial score (nSPS) is 22.3. The average molecular weight is 313 g/mol. The number of amides is 1. The molecule has 2 rings (SSSR count). The van der Waals surface area contributed by atoms with Crippen LogP contribution in [0.15, 0.2) is 18.2 Å². The molecule has 0 bridgehead atoms. The van der Waals surface area contributed by atoms with Crippen molar-refractivity contribution >= 4 is 11.9 Å². The summed E-state index contributed by atoms with van der Waals surface area (Å²) in [6.07, 6.45) is 0.0444. The van der Waals surface area contributed by atoms with Crippen molar-refractivity contribution in [1.29, 1.82) is 0 Å². The average Bonchev–Trinajstić information content (AvgIpc) is 2.85. The number of carbonyl (C=O) groups is 2. The maximum absolute atomic E-state index is 13.7. The van der Waals surface area contributed by atoms with Gasteiger partial charge in [0.2, 0.25) is 5.91 Å². The van der Waals surface area contributed by atoms with Crippen LogP contribution >= 0.6 is 0 Å². The maximum Gasteiger partial charge on any atom is 0.305 e. The maximum atomic E-state index is 13.7. The van der Waals surface area contributed by atoms with Crippen LogP contribution in [0.25, 0.3) is 0 Å². The fourth-order valence-electron chi connectivity index (χ4n) is 2.60. The first-order valence-corrected chi connectivity index (χ1v) is 6.90. The predicted molar refractivity (Wildman–Crippen MR) is 73.3 cm³/mol. The Balaban J connectivity index is 2.18. The van der Waals surface area contributed by atoms with Crippen molar-refractivity contribution in [2.75, 3.05) is 13.2 Å². The van der Waals surface area contributed by atoms with Gasteiger partial charge in [-0.3, -0.25) is 9.59 Å². The first-order chi connectivity index (χ1) is 10.3. The van der Waals surface area contributed by atoms with E-state index in [1.807, 2.05) is 0 Å². The topological polar surface area (TPSA) is 75.6 Å². The summed E-state index contributed by atoms with van der Waals surface area (Å²) in [5, 5.41) is 11.6. The van der Waals surface area contributed by atoms with E-state index in [0.717, 1.165) is 12.1 Å². The zero-order valence-electron chi connectivity index (χ0n) is 12.1. The predicted octanol–water partition coefficient (Wildman–Crippen LogP) is 1.82. The molecule has 7 heteroatoms. The van der Waals surface area contributed by atoms with Gasteiger partial charge in [-0.15, -0.1) is 0 Å². The first kappa shape index (κ1) is 16.4. The molecule has 1 aliphatic rings. The summed E-state index contributed by atoms with van der Waals surface area (Å²) < 4.78 is 32.7. The SMILES string of the molecule is CC(C(=O)NC1(CC(=O)O)CCOC1)c1c(F)cccc1F. The zero-order valence-corrected chi connectivity index (χ0v) is 12.1. The van der Waals surface area contributed by atoms with Gasteiger partial charge in [-0.2, -0.15) is 0 Å². The summed E-state index contributed by atoms with van der Waals surface area (Å²) in [5.41, 5.74) is -1.36. The molecule has 2 unspecified atom stereocenters. The largest absolute Gasteiger partial charge is 0.481 e. The lowest BCUT2D eigenvalue weighted by Gasteiger charge is -2.28. The van der Waals surface area contributed by atoms with Gasteiger partial charge in [0.25, 0.3) is 0 Å². The Kier molecular flexibility index (Phi) is 4.75. The molecule has 5 nitrogen and oxygen atoms in total. The molecule has 0 radical (unpaired) electrons.